The highest BCUT2D eigenvalue weighted by molar-refractivity contribution is 6.71. The Bertz CT molecular complexity index is 149. The highest BCUT2D eigenvalue weighted by atomic mass is 28.4. The first-order valence-electron chi connectivity index (χ1n) is 3.86. The topological polar surface area (TPSA) is 21.6 Å². The van der Waals surface area contributed by atoms with Crippen LogP contribution < -0.4 is 0 Å². The molecular formula is C7H18NOSi2. The van der Waals surface area contributed by atoms with E-state index >= 15 is 0 Å². The van der Waals surface area contributed by atoms with E-state index in [1.54, 1.807) is 0 Å². The van der Waals surface area contributed by atoms with E-state index in [0.29, 0.717) is 0 Å². The Kier molecular flexibility index (Phi) is 4.03. The Morgan fingerprint density at radius 2 is 1.73 bits per heavy atom. The minimum Gasteiger partial charge on any atom is -0.535 e. The zero-order valence-electron chi connectivity index (χ0n) is 8.36. The molecule has 4 heteroatoms. The molecule has 0 aromatic rings. The Balaban J connectivity index is 3.97. The van der Waals surface area contributed by atoms with Crippen molar-refractivity contribution >= 4 is 23.2 Å². The molecule has 11 heavy (non-hydrogen) atoms. The van der Waals surface area contributed by atoms with Crippen LogP contribution in [0.3, 0.4) is 0 Å². The molecule has 0 N–H and O–H groups in total. The third-order valence-electron chi connectivity index (χ3n) is 0.835. The lowest BCUT2D eigenvalue weighted by molar-refractivity contribution is 0.549. The smallest absolute Gasteiger partial charge is 0.243 e. The maximum absolute atomic E-state index is 5.66. The van der Waals surface area contributed by atoms with Crippen LogP contribution in [-0.4, -0.2) is 23.2 Å². The van der Waals surface area contributed by atoms with Crippen molar-refractivity contribution in [2.75, 3.05) is 0 Å². The predicted octanol–water partition coefficient (Wildman–Crippen LogP) is 2.51. The highest BCUT2D eigenvalue weighted by Crippen LogP contribution is 2.03. The predicted molar refractivity (Wildman–Crippen MR) is 55.0 cm³/mol. The Morgan fingerprint density at radius 1 is 1.27 bits per heavy atom. The van der Waals surface area contributed by atoms with E-state index in [0.717, 1.165) is 5.90 Å². The van der Waals surface area contributed by atoms with Gasteiger partial charge in [0.2, 0.25) is 8.32 Å². The van der Waals surface area contributed by atoms with Crippen LogP contribution in [0.15, 0.2) is 4.66 Å². The number of nitrogens with zero attached hydrogens (tertiary/aromatic N) is 1. The first-order valence-corrected chi connectivity index (χ1v) is 9.71. The first-order chi connectivity index (χ1) is 4.81. The normalized spacial score (nSPS) is 13.9. The van der Waals surface area contributed by atoms with Crippen molar-refractivity contribution in [1.82, 2.24) is 0 Å². The molecule has 1 radical (unpaired) electrons. The van der Waals surface area contributed by atoms with Crippen molar-refractivity contribution in [3.8, 4) is 0 Å². The standard InChI is InChI=1S/C7H18NOSi2/c1-7(8-10(2)3)9-11(4,5)6/h1-6H3/b8-7+. The number of hydrogen-bond acceptors (Lipinski definition) is 2. The van der Waals surface area contributed by atoms with E-state index in [1.807, 2.05) is 6.92 Å². The molecule has 0 unspecified atom stereocenters. The van der Waals surface area contributed by atoms with Gasteiger partial charge in [-0.05, 0) is 19.6 Å². The van der Waals surface area contributed by atoms with Gasteiger partial charge >= 0.3 is 0 Å². The summed E-state index contributed by atoms with van der Waals surface area (Å²) in [7, 11) is -1.92. The van der Waals surface area contributed by atoms with Crippen molar-refractivity contribution < 1.29 is 4.43 Å². The van der Waals surface area contributed by atoms with Crippen molar-refractivity contribution in [3.63, 3.8) is 0 Å². The van der Waals surface area contributed by atoms with E-state index in [1.165, 1.54) is 0 Å². The molecule has 0 saturated heterocycles. The molecule has 2 nitrogen and oxygen atoms in total. The number of hydrogen-bond donors (Lipinski definition) is 0. The summed E-state index contributed by atoms with van der Waals surface area (Å²) in [5, 5.41) is 0. The van der Waals surface area contributed by atoms with E-state index in [9.17, 15) is 0 Å². The van der Waals surface area contributed by atoms with Gasteiger partial charge in [0.05, 0.1) is 0 Å². The summed E-state index contributed by atoms with van der Waals surface area (Å²) in [4.78, 5) is 0. The Labute approximate surface area is 72.5 Å². The molecule has 0 rings (SSSR count). The fraction of sp³-hybridized carbons (Fsp3) is 0.857. The second-order valence-electron chi connectivity index (χ2n) is 3.79. The van der Waals surface area contributed by atoms with E-state index in [2.05, 4.69) is 37.4 Å². The SMILES string of the molecule is C/C(=N\[Si](C)C)O[Si](C)(C)C. The fourth-order valence-corrected chi connectivity index (χ4v) is 2.48. The summed E-state index contributed by atoms with van der Waals surface area (Å²) in [6.07, 6.45) is 0. The van der Waals surface area contributed by atoms with Crippen LogP contribution in [0, 0.1) is 0 Å². The summed E-state index contributed by atoms with van der Waals surface area (Å²) < 4.78 is 10.1. The van der Waals surface area contributed by atoms with Gasteiger partial charge in [0, 0.05) is 6.92 Å². The van der Waals surface area contributed by atoms with Crippen LogP contribution in [0.2, 0.25) is 32.7 Å². The minimum absolute atomic E-state index is 0.520. The third-order valence-corrected chi connectivity index (χ3v) is 2.50. The molecule has 0 aliphatic heterocycles. The minimum atomic E-state index is -1.40. The van der Waals surface area contributed by atoms with Gasteiger partial charge in [-0.3, -0.25) is 4.66 Å². The molecule has 0 saturated carbocycles. The van der Waals surface area contributed by atoms with E-state index in [-0.39, 0.29) is 0 Å². The second kappa shape index (κ2) is 4.06. The average molecular weight is 188 g/mol. The molecule has 0 aromatic carbocycles. The van der Waals surface area contributed by atoms with Crippen molar-refractivity contribution in [3.05, 3.63) is 0 Å². The van der Waals surface area contributed by atoms with Crippen LogP contribution in [0.5, 0.6) is 0 Å². The molecule has 0 aliphatic rings. The van der Waals surface area contributed by atoms with E-state index < -0.39 is 17.3 Å². The van der Waals surface area contributed by atoms with Crippen molar-refractivity contribution in [2.24, 2.45) is 4.66 Å². The molecule has 0 aliphatic carbocycles. The molecule has 0 aromatic heterocycles. The van der Waals surface area contributed by atoms with Gasteiger partial charge < -0.3 is 4.43 Å². The second-order valence-corrected chi connectivity index (χ2v) is 10.3. The van der Waals surface area contributed by atoms with Crippen LogP contribution >= 0.6 is 0 Å². The lowest BCUT2D eigenvalue weighted by atomic mass is 10.8. The molecule has 0 fully saturated rings. The molecule has 0 amide bonds. The lowest BCUT2D eigenvalue weighted by Gasteiger charge is -2.18. The number of rotatable bonds is 2. The molecule has 0 spiro atoms. The zero-order valence-corrected chi connectivity index (χ0v) is 10.4. The van der Waals surface area contributed by atoms with Gasteiger partial charge in [0.15, 0.2) is 14.9 Å². The largest absolute Gasteiger partial charge is 0.535 e. The van der Waals surface area contributed by atoms with Crippen molar-refractivity contribution in [2.45, 2.75) is 39.7 Å². The zero-order chi connectivity index (χ0) is 9.07. The monoisotopic (exact) mass is 188 g/mol. The van der Waals surface area contributed by atoms with Gasteiger partial charge in [-0.1, -0.05) is 13.1 Å². The van der Waals surface area contributed by atoms with Crippen LogP contribution in [0.25, 0.3) is 0 Å². The molecule has 65 valence electrons. The molecule has 0 atom stereocenters. The summed E-state index contributed by atoms with van der Waals surface area (Å²) in [5.41, 5.74) is 0. The van der Waals surface area contributed by atoms with Gasteiger partial charge in [-0.25, -0.2) is 0 Å². The van der Waals surface area contributed by atoms with Gasteiger partial charge in [0.1, 0.15) is 0 Å². The quantitative estimate of drug-likeness (QED) is 0.371. The Hall–Kier alpha value is -0.0962. The average Bonchev–Trinajstić information content (AvgIpc) is 1.53. The van der Waals surface area contributed by atoms with Gasteiger partial charge in [-0.2, -0.15) is 0 Å². The van der Waals surface area contributed by atoms with Crippen LogP contribution in [-0.2, 0) is 4.43 Å². The van der Waals surface area contributed by atoms with Crippen LogP contribution in [0.4, 0.5) is 0 Å². The molecular weight excluding hydrogens is 170 g/mol. The summed E-state index contributed by atoms with van der Waals surface area (Å²) in [6.45, 7) is 12.8. The van der Waals surface area contributed by atoms with Gasteiger partial charge in [0.25, 0.3) is 0 Å². The summed E-state index contributed by atoms with van der Waals surface area (Å²) in [5.74, 6) is 0.878. The third kappa shape index (κ3) is 7.80. The lowest BCUT2D eigenvalue weighted by Crippen LogP contribution is -2.28. The maximum atomic E-state index is 5.66. The molecule has 0 bridgehead atoms. The van der Waals surface area contributed by atoms with Crippen LogP contribution in [0.1, 0.15) is 6.92 Å². The summed E-state index contributed by atoms with van der Waals surface area (Å²) >= 11 is 0. The first kappa shape index (κ1) is 10.9. The van der Waals surface area contributed by atoms with Crippen molar-refractivity contribution in [1.29, 1.82) is 0 Å². The van der Waals surface area contributed by atoms with E-state index in [4.69, 9.17) is 4.43 Å². The highest BCUT2D eigenvalue weighted by Gasteiger charge is 2.16. The maximum Gasteiger partial charge on any atom is 0.243 e. The fourth-order valence-electron chi connectivity index (χ4n) is 0.781. The summed E-state index contributed by atoms with van der Waals surface area (Å²) in [6, 6.07) is 0. The molecule has 0 heterocycles. The van der Waals surface area contributed by atoms with Gasteiger partial charge in [-0.15, -0.1) is 0 Å². The Morgan fingerprint density at radius 3 is 2.00 bits per heavy atom.